The fourth-order valence-electron chi connectivity index (χ4n) is 8.00. The van der Waals surface area contributed by atoms with Gasteiger partial charge in [0.15, 0.2) is 5.78 Å². The van der Waals surface area contributed by atoms with Crippen LogP contribution >= 0.6 is 31.9 Å². The van der Waals surface area contributed by atoms with Gasteiger partial charge in [0.25, 0.3) is 11.8 Å². The number of imide groups is 1. The predicted octanol–water partition coefficient (Wildman–Crippen LogP) is 8.29. The molecule has 1 aliphatic heterocycles. The van der Waals surface area contributed by atoms with Gasteiger partial charge in [-0.1, -0.05) is 114 Å². The molecule has 2 aliphatic carbocycles. The molecule has 3 aliphatic rings. The molecule has 1 heterocycles. The second-order valence-electron chi connectivity index (χ2n) is 13.9. The predicted molar refractivity (Wildman–Crippen MR) is 196 cm³/mol. The summed E-state index contributed by atoms with van der Waals surface area (Å²) < 4.78 is 7.49. The molecule has 2 aromatic rings. The van der Waals surface area contributed by atoms with Crippen molar-refractivity contribution in [3.05, 3.63) is 105 Å². The molecule has 1 N–H and O–H groups in total. The second-order valence-corrected chi connectivity index (χ2v) is 15.8. The number of ether oxygens (including phenoxy) is 1. The smallest absolute Gasteiger partial charge is 0.309 e. The molecule has 260 valence electrons. The minimum atomic E-state index is -1.46. The van der Waals surface area contributed by atoms with Gasteiger partial charge >= 0.3 is 5.97 Å². The number of amides is 2. The van der Waals surface area contributed by atoms with E-state index >= 15 is 0 Å². The molecule has 49 heavy (non-hydrogen) atoms. The van der Waals surface area contributed by atoms with Crippen LogP contribution in [-0.2, 0) is 37.1 Å². The van der Waals surface area contributed by atoms with Crippen molar-refractivity contribution in [2.75, 3.05) is 0 Å². The van der Waals surface area contributed by atoms with E-state index in [1.807, 2.05) is 68.5 Å². The van der Waals surface area contributed by atoms with Crippen LogP contribution in [0.15, 0.2) is 93.4 Å². The van der Waals surface area contributed by atoms with Crippen molar-refractivity contribution >= 4 is 55.4 Å². The Balaban J connectivity index is 1.44. The minimum Gasteiger partial charge on any atom is -0.461 e. The van der Waals surface area contributed by atoms with Crippen molar-refractivity contribution in [3.63, 3.8) is 0 Å². The first-order valence-electron chi connectivity index (χ1n) is 17.2. The van der Waals surface area contributed by atoms with E-state index in [1.165, 1.54) is 4.90 Å². The molecule has 0 saturated heterocycles. The lowest BCUT2D eigenvalue weighted by atomic mass is 9.55. The van der Waals surface area contributed by atoms with Gasteiger partial charge in [-0.2, -0.15) is 0 Å². The standard InChI is InChI=1S/C40H45Br2NO6/c1-5-7-8-9-28(6-2)33-34(38(46)43(37(33)45)22-26-10-14-30(41)15-11-26)36(44)32-24(3)18-19-40(48)21-29(20-25(4)35(32)40)39(47)49-23-27-12-16-31(42)17-13-27/h6,10-19,24-25,28-29,32,35,48H,2,5,7-9,20-23H2,1,3-4H3. The summed E-state index contributed by atoms with van der Waals surface area (Å²) >= 11 is 6.84. The summed E-state index contributed by atoms with van der Waals surface area (Å²) in [6.45, 7) is 10.1. The number of unbranched alkanes of at least 4 members (excludes halogenated alkanes) is 2. The molecule has 7 nitrogen and oxygen atoms in total. The van der Waals surface area contributed by atoms with Gasteiger partial charge in [0, 0.05) is 32.3 Å². The number of nitrogens with zero attached hydrogens (tertiary/aromatic N) is 1. The highest BCUT2D eigenvalue weighted by molar-refractivity contribution is 9.10. The van der Waals surface area contributed by atoms with Crippen LogP contribution in [0, 0.1) is 35.5 Å². The van der Waals surface area contributed by atoms with Crippen LogP contribution in [0.5, 0.6) is 0 Å². The van der Waals surface area contributed by atoms with E-state index in [-0.39, 0.29) is 48.5 Å². The monoisotopic (exact) mass is 793 g/mol. The molecule has 2 amide bonds. The van der Waals surface area contributed by atoms with E-state index in [0.717, 1.165) is 39.3 Å². The maximum absolute atomic E-state index is 14.9. The number of aliphatic hydroxyl groups is 1. The van der Waals surface area contributed by atoms with E-state index in [2.05, 4.69) is 45.4 Å². The number of hydrogen-bond acceptors (Lipinski definition) is 6. The van der Waals surface area contributed by atoms with E-state index in [1.54, 1.807) is 12.2 Å². The van der Waals surface area contributed by atoms with Crippen LogP contribution in [-0.4, -0.2) is 39.2 Å². The van der Waals surface area contributed by atoms with Gasteiger partial charge in [0.2, 0.25) is 0 Å². The zero-order valence-corrected chi connectivity index (χ0v) is 31.5. The average molecular weight is 796 g/mol. The third-order valence-corrected chi connectivity index (χ3v) is 11.5. The molecule has 7 atom stereocenters. The molecule has 2 aromatic carbocycles. The Labute approximate surface area is 306 Å². The summed E-state index contributed by atoms with van der Waals surface area (Å²) in [5.41, 5.74) is 0.286. The van der Waals surface area contributed by atoms with Crippen LogP contribution in [0.2, 0.25) is 0 Å². The number of carbonyl (C=O) groups is 4. The van der Waals surface area contributed by atoms with Crippen molar-refractivity contribution in [1.29, 1.82) is 0 Å². The number of benzene rings is 2. The highest BCUT2D eigenvalue weighted by Gasteiger charge is 2.56. The van der Waals surface area contributed by atoms with E-state index < -0.39 is 46.9 Å². The normalized spacial score (nSPS) is 27.2. The fourth-order valence-corrected chi connectivity index (χ4v) is 8.53. The summed E-state index contributed by atoms with van der Waals surface area (Å²) in [4.78, 5) is 57.7. The Bertz CT molecular complexity index is 1650. The Morgan fingerprint density at radius 2 is 1.65 bits per heavy atom. The number of allylic oxidation sites excluding steroid dienone is 2. The van der Waals surface area contributed by atoms with Gasteiger partial charge in [0.05, 0.1) is 23.6 Å². The van der Waals surface area contributed by atoms with Gasteiger partial charge < -0.3 is 9.84 Å². The number of hydrogen-bond donors (Lipinski definition) is 1. The maximum atomic E-state index is 14.9. The van der Waals surface area contributed by atoms with E-state index in [9.17, 15) is 24.3 Å². The van der Waals surface area contributed by atoms with E-state index in [0.29, 0.717) is 12.8 Å². The van der Waals surface area contributed by atoms with Crippen LogP contribution in [0.3, 0.4) is 0 Å². The Morgan fingerprint density at radius 3 is 2.27 bits per heavy atom. The number of rotatable bonds is 13. The lowest BCUT2D eigenvalue weighted by Crippen LogP contribution is -2.55. The van der Waals surface area contributed by atoms with Gasteiger partial charge in [-0.15, -0.1) is 6.58 Å². The molecule has 1 saturated carbocycles. The van der Waals surface area contributed by atoms with Crippen molar-refractivity contribution in [3.8, 4) is 0 Å². The molecule has 0 bridgehead atoms. The number of ketones is 1. The topological polar surface area (TPSA) is 101 Å². The number of esters is 1. The van der Waals surface area contributed by atoms with Gasteiger partial charge in [-0.25, -0.2) is 0 Å². The first-order valence-corrected chi connectivity index (χ1v) is 18.8. The summed E-state index contributed by atoms with van der Waals surface area (Å²) in [6, 6.07) is 14.9. The number of halogens is 2. The maximum Gasteiger partial charge on any atom is 0.309 e. The quantitative estimate of drug-likeness (QED) is 0.0721. The fraction of sp³-hybridized carbons (Fsp3) is 0.450. The van der Waals surface area contributed by atoms with E-state index in [4.69, 9.17) is 4.74 Å². The van der Waals surface area contributed by atoms with Crippen LogP contribution in [0.25, 0.3) is 0 Å². The summed E-state index contributed by atoms with van der Waals surface area (Å²) in [5.74, 6) is -4.76. The number of Topliss-reactive ketones (excluding diaryl/α,β-unsaturated/α-hetero) is 1. The van der Waals surface area contributed by atoms with Crippen molar-refractivity contribution in [2.45, 2.75) is 78.0 Å². The lowest BCUT2D eigenvalue weighted by molar-refractivity contribution is -0.161. The molecule has 5 rings (SSSR count). The Hall–Kier alpha value is -3.14. The molecule has 0 spiro atoms. The van der Waals surface area contributed by atoms with Crippen LogP contribution in [0.4, 0.5) is 0 Å². The second kappa shape index (κ2) is 15.8. The van der Waals surface area contributed by atoms with Crippen LogP contribution < -0.4 is 0 Å². The molecular weight excluding hydrogens is 750 g/mol. The summed E-state index contributed by atoms with van der Waals surface area (Å²) in [5, 5.41) is 12.2. The molecule has 7 unspecified atom stereocenters. The first kappa shape index (κ1) is 37.1. The summed E-state index contributed by atoms with van der Waals surface area (Å²) in [6.07, 6.45) is 9.12. The summed E-state index contributed by atoms with van der Waals surface area (Å²) in [7, 11) is 0. The largest absolute Gasteiger partial charge is 0.461 e. The zero-order chi connectivity index (χ0) is 35.5. The zero-order valence-electron chi connectivity index (χ0n) is 28.4. The minimum absolute atomic E-state index is 0.0397. The van der Waals surface area contributed by atoms with Gasteiger partial charge in [-0.05, 0) is 66.5 Å². The third kappa shape index (κ3) is 7.94. The average Bonchev–Trinajstić information content (AvgIpc) is 3.32. The first-order chi connectivity index (χ1) is 23.4. The lowest BCUT2D eigenvalue weighted by Gasteiger charge is -2.51. The Morgan fingerprint density at radius 1 is 1.02 bits per heavy atom. The van der Waals surface area contributed by atoms with Crippen LogP contribution in [0.1, 0.15) is 70.4 Å². The van der Waals surface area contributed by atoms with Crippen molar-refractivity contribution in [2.24, 2.45) is 35.5 Å². The van der Waals surface area contributed by atoms with Gasteiger partial charge in [-0.3, -0.25) is 24.1 Å². The molecular formula is C40H45Br2NO6. The SMILES string of the molecule is C=CC(CCCCC)C1=C(C(=O)C2C(C)C=CC3(O)CC(C(=O)OCc4ccc(Br)cc4)CC(C)C23)C(=O)N(Cc2ccc(Br)cc2)C1=O. The highest BCUT2D eigenvalue weighted by atomic mass is 79.9. The highest BCUT2D eigenvalue weighted by Crippen LogP contribution is 2.52. The van der Waals surface area contributed by atoms with Crippen molar-refractivity contribution in [1.82, 2.24) is 4.90 Å². The van der Waals surface area contributed by atoms with Crippen molar-refractivity contribution < 1.29 is 29.0 Å². The molecule has 0 aromatic heterocycles. The number of carbonyl (C=O) groups excluding carboxylic acids is 4. The molecule has 9 heteroatoms. The molecule has 1 fully saturated rings. The Kier molecular flexibility index (Phi) is 12.0. The third-order valence-electron chi connectivity index (χ3n) is 10.5. The van der Waals surface area contributed by atoms with Gasteiger partial charge in [0.1, 0.15) is 6.61 Å². The molecule has 0 radical (unpaired) electrons. The number of fused-ring (bicyclic) bond motifs is 1.